The summed E-state index contributed by atoms with van der Waals surface area (Å²) in [6.45, 7) is 0.512. The lowest BCUT2D eigenvalue weighted by Gasteiger charge is -2.44. The Morgan fingerprint density at radius 3 is 2.63 bits per heavy atom. The van der Waals surface area contributed by atoms with Gasteiger partial charge in [-0.25, -0.2) is 8.42 Å². The number of amides is 1. The van der Waals surface area contributed by atoms with E-state index >= 15 is 0 Å². The molecule has 0 spiro atoms. The molecule has 11 nitrogen and oxygen atoms in total. The normalized spacial score (nSPS) is 33.1. The number of hydrogen-bond donors (Lipinski definition) is 2. The molecule has 1 aliphatic carbocycles. The predicted molar refractivity (Wildman–Crippen MR) is 126 cm³/mol. The van der Waals surface area contributed by atoms with E-state index in [2.05, 4.69) is 14.4 Å². The summed E-state index contributed by atoms with van der Waals surface area (Å²) in [6, 6.07) is 3.64. The molecule has 5 unspecified atom stereocenters. The second-order valence-electron chi connectivity index (χ2n) is 10.1. The predicted octanol–water partition coefficient (Wildman–Crippen LogP) is 0.944. The quantitative estimate of drug-likeness (QED) is 0.524. The molecule has 4 fully saturated rings. The van der Waals surface area contributed by atoms with Gasteiger partial charge in [0, 0.05) is 12.2 Å². The number of benzene rings is 1. The average molecular weight is 523 g/mol. The number of carbonyl (C=O) groups excluding carboxylic acids is 2. The van der Waals surface area contributed by atoms with E-state index in [1.165, 1.54) is 12.1 Å². The molecule has 1 amide bonds. The summed E-state index contributed by atoms with van der Waals surface area (Å²) in [5.41, 5.74) is 0.193. The van der Waals surface area contributed by atoms with Crippen LogP contribution >= 0.6 is 0 Å². The smallest absolute Gasteiger partial charge is 0.286 e. The molecular formula is C22H26N4O7S2. The van der Waals surface area contributed by atoms with Crippen molar-refractivity contribution in [3.63, 3.8) is 0 Å². The van der Waals surface area contributed by atoms with Crippen molar-refractivity contribution in [3.05, 3.63) is 18.2 Å². The number of ether oxygens (including phenoxy) is 1. The van der Waals surface area contributed by atoms with Crippen LogP contribution in [0.2, 0.25) is 0 Å². The van der Waals surface area contributed by atoms with E-state index in [1.54, 1.807) is 4.90 Å². The van der Waals surface area contributed by atoms with E-state index in [1.807, 2.05) is 0 Å². The molecule has 4 heterocycles. The first-order valence-corrected chi connectivity index (χ1v) is 15.1. The van der Waals surface area contributed by atoms with Gasteiger partial charge in [-0.1, -0.05) is 12.8 Å². The van der Waals surface area contributed by atoms with Crippen molar-refractivity contribution in [2.45, 2.75) is 55.2 Å². The fourth-order valence-corrected chi connectivity index (χ4v) is 7.59. The van der Waals surface area contributed by atoms with Crippen molar-refractivity contribution < 1.29 is 31.2 Å². The Morgan fingerprint density at radius 1 is 1.17 bits per heavy atom. The second kappa shape index (κ2) is 7.74. The minimum Gasteiger partial charge on any atom is -0.372 e. The number of amidine groups is 1. The molecule has 1 aromatic rings. The Hall–Kier alpha value is -2.51. The molecule has 0 aromatic heterocycles. The summed E-state index contributed by atoms with van der Waals surface area (Å²) >= 11 is 0. The van der Waals surface area contributed by atoms with Crippen molar-refractivity contribution in [1.82, 2.24) is 4.90 Å². The number of nitrogens with zero attached hydrogens (tertiary/aromatic N) is 2. The summed E-state index contributed by atoms with van der Waals surface area (Å²) in [5.74, 6) is -2.26. The third kappa shape index (κ3) is 3.93. The molecule has 6 rings (SSSR count). The number of rotatable bonds is 6. The number of piperidine rings is 1. The van der Waals surface area contributed by atoms with E-state index in [4.69, 9.17) is 4.74 Å². The van der Waals surface area contributed by atoms with Crippen LogP contribution in [-0.2, 0) is 34.4 Å². The Morgan fingerprint density at radius 2 is 1.91 bits per heavy atom. The van der Waals surface area contributed by atoms with Crippen LogP contribution < -0.4 is 10.0 Å². The van der Waals surface area contributed by atoms with Crippen LogP contribution in [0, 0.1) is 17.8 Å². The summed E-state index contributed by atoms with van der Waals surface area (Å²) < 4.78 is 61.3. The van der Waals surface area contributed by atoms with Crippen molar-refractivity contribution in [3.8, 4) is 0 Å². The number of ketones is 1. The number of hydrogen-bond acceptors (Lipinski definition) is 8. The number of sulfonamides is 2. The minimum absolute atomic E-state index is 0.0633. The highest BCUT2D eigenvalue weighted by Gasteiger charge is 2.62. The van der Waals surface area contributed by atoms with Crippen molar-refractivity contribution in [1.29, 1.82) is 0 Å². The summed E-state index contributed by atoms with van der Waals surface area (Å²) in [7, 11) is -7.91. The molecule has 188 valence electrons. The topological polar surface area (TPSA) is 151 Å². The lowest BCUT2D eigenvalue weighted by atomic mass is 9.73. The number of anilines is 2. The van der Waals surface area contributed by atoms with Crippen LogP contribution in [-0.4, -0.2) is 70.3 Å². The molecule has 35 heavy (non-hydrogen) atoms. The Labute approximate surface area is 203 Å². The minimum atomic E-state index is -4.29. The highest BCUT2D eigenvalue weighted by molar-refractivity contribution is 7.92. The Balaban J connectivity index is 1.35. The highest BCUT2D eigenvalue weighted by Crippen LogP contribution is 2.47. The monoisotopic (exact) mass is 522 g/mol. The SMILES string of the molecule is CS(=O)(=O)Nc1ccc2c(c1)S(=O)(=O)N=C(C1C(=O)C3C4CCC(O4)C3N(CCC3CC3)C1=O)N2. The molecule has 0 radical (unpaired) electrons. The molecule has 1 saturated carbocycles. The first-order valence-electron chi connectivity index (χ1n) is 11.8. The molecule has 13 heteroatoms. The maximum Gasteiger partial charge on any atom is 0.286 e. The third-order valence-corrected chi connectivity index (χ3v) is 9.47. The zero-order valence-corrected chi connectivity index (χ0v) is 20.6. The number of carbonyl (C=O) groups is 2. The lowest BCUT2D eigenvalue weighted by molar-refractivity contribution is -0.150. The fraction of sp³-hybridized carbons (Fsp3) is 0.591. The summed E-state index contributed by atoms with van der Waals surface area (Å²) in [4.78, 5) is 28.8. The first kappa shape index (κ1) is 22.9. The molecule has 4 aliphatic heterocycles. The average Bonchev–Trinajstić information content (AvgIpc) is 3.36. The van der Waals surface area contributed by atoms with Crippen molar-refractivity contribution in [2.75, 3.05) is 22.8 Å². The maximum atomic E-state index is 13.7. The molecule has 3 saturated heterocycles. The van der Waals surface area contributed by atoms with Gasteiger partial charge in [0.05, 0.1) is 36.1 Å². The second-order valence-corrected chi connectivity index (χ2v) is 13.4. The van der Waals surface area contributed by atoms with Gasteiger partial charge in [0.15, 0.2) is 11.7 Å². The zero-order valence-electron chi connectivity index (χ0n) is 19.0. The zero-order chi connectivity index (χ0) is 24.7. The number of nitrogens with one attached hydrogen (secondary N) is 2. The van der Waals surface area contributed by atoms with E-state index in [9.17, 15) is 26.4 Å². The number of fused-ring (bicyclic) bond motifs is 6. The molecule has 1 aromatic carbocycles. The van der Waals surface area contributed by atoms with Gasteiger partial charge in [0.2, 0.25) is 15.9 Å². The Kier molecular flexibility index (Phi) is 5.07. The van der Waals surface area contributed by atoms with Gasteiger partial charge in [0.1, 0.15) is 10.7 Å². The van der Waals surface area contributed by atoms with Crippen LogP contribution in [0.1, 0.15) is 32.1 Å². The number of Topliss-reactive ketones (excluding diaryl/α,β-unsaturated/α-hetero) is 1. The van der Waals surface area contributed by atoms with E-state index in [-0.39, 0.29) is 46.1 Å². The van der Waals surface area contributed by atoms with Crippen LogP contribution in [0.15, 0.2) is 27.5 Å². The molecule has 5 atom stereocenters. The number of likely N-dealkylation sites (tertiary alicyclic amines) is 1. The van der Waals surface area contributed by atoms with Gasteiger partial charge >= 0.3 is 0 Å². The molecular weight excluding hydrogens is 496 g/mol. The summed E-state index contributed by atoms with van der Waals surface area (Å²) in [6.07, 6.45) is 5.20. The van der Waals surface area contributed by atoms with E-state index < -0.39 is 37.8 Å². The fourth-order valence-electron chi connectivity index (χ4n) is 5.85. The summed E-state index contributed by atoms with van der Waals surface area (Å²) in [5, 5.41) is 2.88. The third-order valence-electron chi connectivity index (χ3n) is 7.53. The van der Waals surface area contributed by atoms with Crippen LogP contribution in [0.3, 0.4) is 0 Å². The van der Waals surface area contributed by atoms with Gasteiger partial charge in [-0.15, -0.1) is 4.40 Å². The lowest BCUT2D eigenvalue weighted by Crippen LogP contribution is -2.63. The van der Waals surface area contributed by atoms with Gasteiger partial charge in [-0.2, -0.15) is 8.42 Å². The van der Waals surface area contributed by atoms with E-state index in [0.29, 0.717) is 12.5 Å². The van der Waals surface area contributed by atoms with Crippen LogP contribution in [0.5, 0.6) is 0 Å². The van der Waals surface area contributed by atoms with Gasteiger partial charge in [0.25, 0.3) is 10.0 Å². The van der Waals surface area contributed by atoms with Crippen molar-refractivity contribution >= 4 is 48.9 Å². The molecule has 2 N–H and O–H groups in total. The van der Waals surface area contributed by atoms with Crippen molar-refractivity contribution in [2.24, 2.45) is 22.2 Å². The van der Waals surface area contributed by atoms with Crippen LogP contribution in [0.25, 0.3) is 0 Å². The Bertz CT molecular complexity index is 1370. The van der Waals surface area contributed by atoms with Gasteiger partial charge in [-0.05, 0) is 43.4 Å². The standard InChI is InChI=1S/C22H26N4O7S2/c1-34(29,30)24-12-4-5-13-16(10-12)35(31,32)25-21(23-13)18-20(27)17-14-6-7-15(33-14)19(17)26(22(18)28)9-8-11-2-3-11/h4-5,10-11,14-15,17-19,24H,2-3,6-9H2,1H3,(H,23,25). The maximum absolute atomic E-state index is 13.7. The largest absolute Gasteiger partial charge is 0.372 e. The first-order chi connectivity index (χ1) is 16.5. The molecule has 2 bridgehead atoms. The van der Waals surface area contributed by atoms with Gasteiger partial charge in [-0.3, -0.25) is 14.3 Å². The molecule has 5 aliphatic rings. The van der Waals surface area contributed by atoms with Gasteiger partial charge < -0.3 is 15.0 Å². The highest BCUT2D eigenvalue weighted by atomic mass is 32.2. The van der Waals surface area contributed by atoms with E-state index in [0.717, 1.165) is 44.4 Å². The van der Waals surface area contributed by atoms with Crippen LogP contribution in [0.4, 0.5) is 11.4 Å².